The molecule has 0 bridgehead atoms. The van der Waals surface area contributed by atoms with E-state index in [9.17, 15) is 4.79 Å². The fourth-order valence-electron chi connectivity index (χ4n) is 1.54. The molecule has 2 aromatic carbocycles. The summed E-state index contributed by atoms with van der Waals surface area (Å²) in [6.07, 6.45) is 0. The zero-order valence-electron chi connectivity index (χ0n) is 10.1. The van der Waals surface area contributed by atoms with Crippen LogP contribution in [-0.2, 0) is 0 Å². The number of para-hydroxylation sites is 1. The second-order valence-electron chi connectivity index (χ2n) is 3.70. The standard InChI is InChI=1S/C14H11BrO3S/c1-18-11-4-2-3-5-13(11)19-12-7-6-9(14(16)17)8-10(12)15/h2-8H,1H3,(H,16,17). The molecular formula is C14H11BrO3S. The van der Waals surface area contributed by atoms with Crippen LogP contribution in [0.5, 0.6) is 5.75 Å². The Bertz CT molecular complexity index is 613. The zero-order valence-corrected chi connectivity index (χ0v) is 12.5. The minimum Gasteiger partial charge on any atom is -0.496 e. The number of ether oxygens (including phenoxy) is 1. The quantitative estimate of drug-likeness (QED) is 0.902. The molecule has 5 heteroatoms. The Balaban J connectivity index is 2.31. The van der Waals surface area contributed by atoms with Crippen LogP contribution in [-0.4, -0.2) is 18.2 Å². The van der Waals surface area contributed by atoms with Gasteiger partial charge in [0.1, 0.15) is 5.75 Å². The lowest BCUT2D eigenvalue weighted by atomic mass is 10.2. The summed E-state index contributed by atoms with van der Waals surface area (Å²) in [7, 11) is 1.63. The molecule has 1 N–H and O–H groups in total. The molecule has 0 saturated carbocycles. The number of aromatic carboxylic acids is 1. The number of benzene rings is 2. The van der Waals surface area contributed by atoms with Gasteiger partial charge in [0.15, 0.2) is 0 Å². The second kappa shape index (κ2) is 6.12. The molecule has 0 aliphatic heterocycles. The van der Waals surface area contributed by atoms with E-state index in [0.29, 0.717) is 0 Å². The van der Waals surface area contributed by atoms with Crippen molar-refractivity contribution >= 4 is 33.7 Å². The Morgan fingerprint density at radius 1 is 1.21 bits per heavy atom. The molecule has 0 radical (unpaired) electrons. The third-order valence-corrected chi connectivity index (χ3v) is 4.52. The highest BCUT2D eigenvalue weighted by molar-refractivity contribution is 9.10. The summed E-state index contributed by atoms with van der Waals surface area (Å²) in [6, 6.07) is 12.7. The van der Waals surface area contributed by atoms with Crippen molar-refractivity contribution in [1.82, 2.24) is 0 Å². The SMILES string of the molecule is COc1ccccc1Sc1ccc(C(=O)O)cc1Br. The zero-order chi connectivity index (χ0) is 13.8. The summed E-state index contributed by atoms with van der Waals surface area (Å²) < 4.78 is 6.04. The van der Waals surface area contributed by atoms with Gasteiger partial charge in [-0.3, -0.25) is 0 Å². The fourth-order valence-corrected chi connectivity index (χ4v) is 3.09. The van der Waals surface area contributed by atoms with Crippen LogP contribution in [0.1, 0.15) is 10.4 Å². The molecule has 0 heterocycles. The first-order valence-corrected chi connectivity index (χ1v) is 7.06. The number of carboxylic acids is 1. The predicted molar refractivity (Wildman–Crippen MR) is 78.2 cm³/mol. The number of carboxylic acid groups (broad SMARTS) is 1. The molecule has 0 aromatic heterocycles. The van der Waals surface area contributed by atoms with Crippen molar-refractivity contribution < 1.29 is 14.6 Å². The van der Waals surface area contributed by atoms with Crippen molar-refractivity contribution in [3.63, 3.8) is 0 Å². The molecular weight excluding hydrogens is 328 g/mol. The Morgan fingerprint density at radius 2 is 1.95 bits per heavy atom. The summed E-state index contributed by atoms with van der Waals surface area (Å²) in [4.78, 5) is 12.8. The van der Waals surface area contributed by atoms with Crippen LogP contribution >= 0.6 is 27.7 Å². The lowest BCUT2D eigenvalue weighted by molar-refractivity contribution is 0.0696. The van der Waals surface area contributed by atoms with Gasteiger partial charge in [0.05, 0.1) is 17.6 Å². The van der Waals surface area contributed by atoms with Gasteiger partial charge in [-0.05, 0) is 46.3 Å². The molecule has 0 saturated heterocycles. The van der Waals surface area contributed by atoms with Crippen LogP contribution in [0.25, 0.3) is 0 Å². The molecule has 0 unspecified atom stereocenters. The van der Waals surface area contributed by atoms with Crippen molar-refractivity contribution in [2.45, 2.75) is 9.79 Å². The third-order valence-electron chi connectivity index (χ3n) is 2.47. The highest BCUT2D eigenvalue weighted by atomic mass is 79.9. The number of rotatable bonds is 4. The Morgan fingerprint density at radius 3 is 2.58 bits per heavy atom. The molecule has 0 aliphatic rings. The summed E-state index contributed by atoms with van der Waals surface area (Å²) >= 11 is 4.92. The van der Waals surface area contributed by atoms with Crippen molar-refractivity contribution in [2.24, 2.45) is 0 Å². The second-order valence-corrected chi connectivity index (χ2v) is 5.64. The number of halogens is 1. The molecule has 0 spiro atoms. The Labute approximate surface area is 123 Å². The maximum absolute atomic E-state index is 10.9. The molecule has 3 nitrogen and oxygen atoms in total. The summed E-state index contributed by atoms with van der Waals surface area (Å²) in [5.41, 5.74) is 0.260. The largest absolute Gasteiger partial charge is 0.496 e. The number of methoxy groups -OCH3 is 1. The van der Waals surface area contributed by atoms with Crippen LogP contribution in [0.4, 0.5) is 0 Å². The van der Waals surface area contributed by atoms with Gasteiger partial charge < -0.3 is 9.84 Å². The molecule has 2 rings (SSSR count). The average molecular weight is 339 g/mol. The normalized spacial score (nSPS) is 10.2. The third kappa shape index (κ3) is 3.30. The lowest BCUT2D eigenvalue weighted by Gasteiger charge is -2.09. The van der Waals surface area contributed by atoms with Gasteiger partial charge in [0.2, 0.25) is 0 Å². The first-order chi connectivity index (χ1) is 9.11. The average Bonchev–Trinajstić information content (AvgIpc) is 2.41. The molecule has 0 atom stereocenters. The van der Waals surface area contributed by atoms with Crippen molar-refractivity contribution in [3.8, 4) is 5.75 Å². The smallest absolute Gasteiger partial charge is 0.335 e. The van der Waals surface area contributed by atoms with Crippen LogP contribution in [0.3, 0.4) is 0 Å². The van der Waals surface area contributed by atoms with Crippen LogP contribution in [0.15, 0.2) is 56.7 Å². The first-order valence-electron chi connectivity index (χ1n) is 5.45. The van der Waals surface area contributed by atoms with Crippen LogP contribution < -0.4 is 4.74 Å². The highest BCUT2D eigenvalue weighted by Gasteiger charge is 2.10. The topological polar surface area (TPSA) is 46.5 Å². The van der Waals surface area contributed by atoms with Gasteiger partial charge in [-0.2, -0.15) is 0 Å². The monoisotopic (exact) mass is 338 g/mol. The van der Waals surface area contributed by atoms with Gasteiger partial charge in [0, 0.05) is 9.37 Å². The van der Waals surface area contributed by atoms with Gasteiger partial charge in [-0.1, -0.05) is 23.9 Å². The summed E-state index contributed by atoms with van der Waals surface area (Å²) in [5, 5.41) is 8.92. The minimum atomic E-state index is -0.936. The number of hydrogen-bond acceptors (Lipinski definition) is 3. The van der Waals surface area contributed by atoms with Gasteiger partial charge in [-0.25, -0.2) is 4.79 Å². The van der Waals surface area contributed by atoms with E-state index < -0.39 is 5.97 Å². The van der Waals surface area contributed by atoms with E-state index in [1.807, 2.05) is 24.3 Å². The lowest BCUT2D eigenvalue weighted by Crippen LogP contribution is -1.95. The van der Waals surface area contributed by atoms with E-state index in [4.69, 9.17) is 9.84 Å². The minimum absolute atomic E-state index is 0.260. The molecule has 0 amide bonds. The van der Waals surface area contributed by atoms with E-state index in [1.54, 1.807) is 25.3 Å². The Hall–Kier alpha value is -1.46. The maximum Gasteiger partial charge on any atom is 0.335 e. The van der Waals surface area contributed by atoms with Crippen molar-refractivity contribution in [2.75, 3.05) is 7.11 Å². The summed E-state index contributed by atoms with van der Waals surface area (Å²) in [5.74, 6) is -0.142. The van der Waals surface area contributed by atoms with E-state index in [2.05, 4.69) is 15.9 Å². The number of hydrogen-bond donors (Lipinski definition) is 1. The molecule has 0 aliphatic carbocycles. The van der Waals surface area contributed by atoms with E-state index >= 15 is 0 Å². The van der Waals surface area contributed by atoms with Crippen molar-refractivity contribution in [3.05, 3.63) is 52.5 Å². The van der Waals surface area contributed by atoms with Gasteiger partial charge >= 0.3 is 5.97 Å². The fraction of sp³-hybridized carbons (Fsp3) is 0.0714. The first kappa shape index (κ1) is 14.0. The highest BCUT2D eigenvalue weighted by Crippen LogP contribution is 2.38. The molecule has 2 aromatic rings. The van der Waals surface area contributed by atoms with Crippen LogP contribution in [0, 0.1) is 0 Å². The molecule has 0 fully saturated rings. The molecule has 98 valence electrons. The Kier molecular flexibility index (Phi) is 4.50. The van der Waals surface area contributed by atoms with E-state index in [1.165, 1.54) is 11.8 Å². The van der Waals surface area contributed by atoms with E-state index in [0.717, 1.165) is 20.0 Å². The van der Waals surface area contributed by atoms with Crippen molar-refractivity contribution in [1.29, 1.82) is 0 Å². The number of carbonyl (C=O) groups is 1. The van der Waals surface area contributed by atoms with E-state index in [-0.39, 0.29) is 5.56 Å². The molecule has 19 heavy (non-hydrogen) atoms. The maximum atomic E-state index is 10.9. The summed E-state index contributed by atoms with van der Waals surface area (Å²) in [6.45, 7) is 0. The van der Waals surface area contributed by atoms with Crippen LogP contribution in [0.2, 0.25) is 0 Å². The van der Waals surface area contributed by atoms with Gasteiger partial charge in [0.25, 0.3) is 0 Å². The van der Waals surface area contributed by atoms with Gasteiger partial charge in [-0.15, -0.1) is 0 Å². The predicted octanol–water partition coefficient (Wildman–Crippen LogP) is 4.31.